The average Bonchev–Trinajstić information content (AvgIpc) is 2.76. The highest BCUT2D eigenvalue weighted by Gasteiger charge is 2.41. The Morgan fingerprint density at radius 3 is 2.48 bits per heavy atom. The molecule has 1 saturated heterocycles. The van der Waals surface area contributed by atoms with Gasteiger partial charge in [0.2, 0.25) is 11.8 Å². The van der Waals surface area contributed by atoms with Crippen LogP contribution in [0.3, 0.4) is 0 Å². The van der Waals surface area contributed by atoms with Gasteiger partial charge in [-0.05, 0) is 44.2 Å². The number of para-hydroxylation sites is 1. The number of aliphatic hydroxyl groups is 1. The number of hydrogen-bond donors (Lipinski definition) is 2. The summed E-state index contributed by atoms with van der Waals surface area (Å²) < 4.78 is 0. The van der Waals surface area contributed by atoms with E-state index in [2.05, 4.69) is 5.32 Å². The molecule has 0 spiro atoms. The number of piperidine rings is 1. The van der Waals surface area contributed by atoms with Crippen LogP contribution in [0.1, 0.15) is 51.4 Å². The van der Waals surface area contributed by atoms with Crippen molar-refractivity contribution in [2.45, 2.75) is 73.8 Å². The van der Waals surface area contributed by atoms with E-state index in [1.165, 1.54) is 18.2 Å². The molecule has 2 amide bonds. The van der Waals surface area contributed by atoms with Crippen LogP contribution in [0.2, 0.25) is 0 Å². The Morgan fingerprint density at radius 2 is 1.72 bits per heavy atom. The number of rotatable bonds is 4. The summed E-state index contributed by atoms with van der Waals surface area (Å²) in [5, 5.41) is 13.6. The second-order valence-corrected chi connectivity index (χ2v) is 9.52. The molecule has 0 radical (unpaired) electrons. The van der Waals surface area contributed by atoms with Gasteiger partial charge in [0.15, 0.2) is 0 Å². The Hall–Kier alpha value is -1.73. The van der Waals surface area contributed by atoms with E-state index in [0.717, 1.165) is 68.6 Å². The van der Waals surface area contributed by atoms with Crippen molar-refractivity contribution in [1.29, 1.82) is 0 Å². The number of anilines is 1. The number of hydrogen-bond acceptors (Lipinski definition) is 5. The molecule has 2 fully saturated rings. The highest BCUT2D eigenvalue weighted by atomic mass is 32.2. The first-order chi connectivity index (χ1) is 14.1. The first kappa shape index (κ1) is 20.5. The van der Waals surface area contributed by atoms with Crippen LogP contribution in [-0.2, 0) is 9.59 Å². The number of benzene rings is 1. The topological polar surface area (TPSA) is 72.9 Å². The van der Waals surface area contributed by atoms with Crippen LogP contribution in [0.25, 0.3) is 0 Å². The molecule has 2 atom stereocenters. The van der Waals surface area contributed by atoms with E-state index in [4.69, 9.17) is 0 Å². The summed E-state index contributed by atoms with van der Waals surface area (Å²) in [5.74, 6) is -0.101. The van der Waals surface area contributed by atoms with Gasteiger partial charge in [-0.25, -0.2) is 0 Å². The van der Waals surface area contributed by atoms with Crippen molar-refractivity contribution in [2.24, 2.45) is 0 Å². The van der Waals surface area contributed by atoms with E-state index in [1.807, 2.05) is 29.2 Å². The lowest BCUT2D eigenvalue weighted by molar-refractivity contribution is -0.133. The molecule has 2 unspecified atom stereocenters. The highest BCUT2D eigenvalue weighted by molar-refractivity contribution is 8.01. The van der Waals surface area contributed by atoms with Crippen molar-refractivity contribution < 1.29 is 14.7 Å². The first-order valence-corrected chi connectivity index (χ1v) is 11.8. The standard InChI is InChI=1S/C22H31N3O3S/c26-19(23-16-9-3-1-4-10-16)15-25-17-11-5-6-12-18(17)29-20(22(25)28)21(27)24-13-7-2-8-14-24/h5-6,11-12,16,20,22,28H,1-4,7-10,13-15H2,(H,23,26). The number of nitrogens with one attached hydrogen (secondary N) is 1. The quantitative estimate of drug-likeness (QED) is 0.788. The number of aliphatic hydroxyl groups excluding tert-OH is 1. The lowest BCUT2D eigenvalue weighted by Crippen LogP contribution is -2.56. The SMILES string of the molecule is O=C(CN1c2ccccc2SC(C(=O)N2CCCCC2)C1O)NC1CCCCC1. The normalized spacial score (nSPS) is 25.4. The van der Waals surface area contributed by atoms with E-state index in [1.54, 1.807) is 4.90 Å². The van der Waals surface area contributed by atoms with Crippen molar-refractivity contribution in [3.63, 3.8) is 0 Å². The fraction of sp³-hybridized carbons (Fsp3) is 0.636. The summed E-state index contributed by atoms with van der Waals surface area (Å²) in [6.45, 7) is 1.58. The van der Waals surface area contributed by atoms with Crippen LogP contribution >= 0.6 is 11.8 Å². The zero-order chi connectivity index (χ0) is 20.2. The number of likely N-dealkylation sites (tertiary alicyclic amines) is 1. The summed E-state index contributed by atoms with van der Waals surface area (Å²) in [6.07, 6.45) is 7.77. The first-order valence-electron chi connectivity index (χ1n) is 10.9. The molecule has 0 bridgehead atoms. The Kier molecular flexibility index (Phi) is 6.65. The maximum absolute atomic E-state index is 13.1. The molecular weight excluding hydrogens is 386 g/mol. The third kappa shape index (κ3) is 4.72. The van der Waals surface area contributed by atoms with Gasteiger partial charge in [0.25, 0.3) is 0 Å². The molecule has 1 aromatic carbocycles. The van der Waals surface area contributed by atoms with Gasteiger partial charge in [0.1, 0.15) is 11.5 Å². The molecule has 7 heteroatoms. The van der Waals surface area contributed by atoms with Crippen LogP contribution < -0.4 is 10.2 Å². The molecule has 1 saturated carbocycles. The number of fused-ring (bicyclic) bond motifs is 1. The maximum atomic E-state index is 13.1. The highest BCUT2D eigenvalue weighted by Crippen LogP contribution is 2.41. The van der Waals surface area contributed by atoms with Crippen LogP contribution in [0, 0.1) is 0 Å². The minimum absolute atomic E-state index is 0.0191. The molecule has 0 aromatic heterocycles. The third-order valence-corrected chi connectivity index (χ3v) is 7.51. The average molecular weight is 418 g/mol. The summed E-state index contributed by atoms with van der Waals surface area (Å²) in [4.78, 5) is 30.4. The minimum atomic E-state index is -1.01. The predicted molar refractivity (Wildman–Crippen MR) is 115 cm³/mol. The van der Waals surface area contributed by atoms with Gasteiger partial charge < -0.3 is 20.2 Å². The van der Waals surface area contributed by atoms with Crippen molar-refractivity contribution in [1.82, 2.24) is 10.2 Å². The molecular formula is C22H31N3O3S. The van der Waals surface area contributed by atoms with Crippen LogP contribution in [0.5, 0.6) is 0 Å². The van der Waals surface area contributed by atoms with Gasteiger partial charge in [0, 0.05) is 24.0 Å². The zero-order valence-corrected chi connectivity index (χ0v) is 17.7. The maximum Gasteiger partial charge on any atom is 0.240 e. The van der Waals surface area contributed by atoms with E-state index in [0.29, 0.717) is 0 Å². The Bertz CT molecular complexity index is 732. The lowest BCUT2D eigenvalue weighted by atomic mass is 9.95. The van der Waals surface area contributed by atoms with Crippen molar-refractivity contribution in [3.8, 4) is 0 Å². The third-order valence-electron chi connectivity index (χ3n) is 6.21. The van der Waals surface area contributed by atoms with E-state index in [9.17, 15) is 14.7 Å². The van der Waals surface area contributed by atoms with Gasteiger partial charge in [-0.1, -0.05) is 31.4 Å². The number of nitrogens with zero attached hydrogens (tertiary/aromatic N) is 2. The second kappa shape index (κ2) is 9.39. The van der Waals surface area contributed by atoms with E-state index in [-0.39, 0.29) is 24.4 Å². The van der Waals surface area contributed by atoms with Crippen molar-refractivity contribution in [2.75, 3.05) is 24.5 Å². The van der Waals surface area contributed by atoms with Crippen molar-refractivity contribution >= 4 is 29.3 Å². The fourth-order valence-electron chi connectivity index (χ4n) is 4.62. The van der Waals surface area contributed by atoms with Gasteiger partial charge in [-0.15, -0.1) is 11.8 Å². The molecule has 1 aromatic rings. The molecule has 6 nitrogen and oxygen atoms in total. The number of thioether (sulfide) groups is 1. The summed E-state index contributed by atoms with van der Waals surface area (Å²) in [5.41, 5.74) is 0.825. The zero-order valence-electron chi connectivity index (χ0n) is 16.9. The number of amides is 2. The molecule has 2 N–H and O–H groups in total. The monoisotopic (exact) mass is 417 g/mol. The summed E-state index contributed by atoms with van der Waals surface area (Å²) >= 11 is 1.42. The van der Waals surface area contributed by atoms with E-state index >= 15 is 0 Å². The summed E-state index contributed by atoms with van der Waals surface area (Å²) in [7, 11) is 0. The molecule has 2 heterocycles. The molecule has 4 rings (SSSR count). The Morgan fingerprint density at radius 1 is 1.03 bits per heavy atom. The van der Waals surface area contributed by atoms with Gasteiger partial charge in [-0.3, -0.25) is 9.59 Å². The fourth-order valence-corrected chi connectivity index (χ4v) is 5.88. The second-order valence-electron chi connectivity index (χ2n) is 8.34. The van der Waals surface area contributed by atoms with Crippen molar-refractivity contribution in [3.05, 3.63) is 24.3 Å². The smallest absolute Gasteiger partial charge is 0.240 e. The molecule has 158 valence electrons. The molecule has 29 heavy (non-hydrogen) atoms. The largest absolute Gasteiger partial charge is 0.372 e. The Labute approximate surface area is 177 Å². The van der Waals surface area contributed by atoms with Gasteiger partial charge in [-0.2, -0.15) is 0 Å². The lowest BCUT2D eigenvalue weighted by Gasteiger charge is -2.41. The summed E-state index contributed by atoms with van der Waals surface area (Å²) in [6, 6.07) is 7.96. The number of carbonyl (C=O) groups is 2. The molecule has 2 aliphatic heterocycles. The Balaban J connectivity index is 1.49. The number of carbonyl (C=O) groups excluding carboxylic acids is 2. The van der Waals surface area contributed by atoms with Gasteiger partial charge >= 0.3 is 0 Å². The van der Waals surface area contributed by atoms with Crippen LogP contribution in [0.4, 0.5) is 5.69 Å². The van der Waals surface area contributed by atoms with Crippen LogP contribution in [-0.4, -0.2) is 59.0 Å². The minimum Gasteiger partial charge on any atom is -0.372 e. The predicted octanol–water partition coefficient (Wildman–Crippen LogP) is 2.75. The molecule has 1 aliphatic carbocycles. The van der Waals surface area contributed by atoms with Gasteiger partial charge in [0.05, 0.1) is 12.2 Å². The van der Waals surface area contributed by atoms with E-state index < -0.39 is 11.5 Å². The molecule has 3 aliphatic rings. The van der Waals surface area contributed by atoms with Crippen LogP contribution in [0.15, 0.2) is 29.2 Å².